The fourth-order valence-electron chi connectivity index (χ4n) is 3.95. The quantitative estimate of drug-likeness (QED) is 0.424. The molecule has 3 aromatic rings. The van der Waals surface area contributed by atoms with Crippen LogP contribution in [0.15, 0.2) is 88.5 Å². The van der Waals surface area contributed by atoms with E-state index in [-0.39, 0.29) is 0 Å². The topological polar surface area (TPSA) is 79.4 Å². The summed E-state index contributed by atoms with van der Waals surface area (Å²) in [6, 6.07) is 19.2. The van der Waals surface area contributed by atoms with Gasteiger partial charge in [-0.25, -0.2) is 4.99 Å². The summed E-state index contributed by atoms with van der Waals surface area (Å²) in [7, 11) is 0. The van der Waals surface area contributed by atoms with Crippen LogP contribution in [-0.4, -0.2) is 28.7 Å². The van der Waals surface area contributed by atoms with Crippen LogP contribution in [0.5, 0.6) is 0 Å². The molecule has 0 bridgehead atoms. The van der Waals surface area contributed by atoms with Gasteiger partial charge in [0.05, 0.1) is 16.4 Å². The van der Waals surface area contributed by atoms with E-state index in [1.807, 2.05) is 6.07 Å². The molecule has 8 heteroatoms. The molecule has 0 saturated heterocycles. The average Bonchev–Trinajstić information content (AvgIpc) is 3.31. The smallest absolute Gasteiger partial charge is 0.203 e. The Labute approximate surface area is 208 Å². The Kier molecular flexibility index (Phi) is 6.89. The number of allylic oxidation sites excluding steroid dienone is 3. The number of nitrogens with zero attached hydrogens (tertiary/aromatic N) is 4. The van der Waals surface area contributed by atoms with E-state index in [9.17, 15) is 0 Å². The van der Waals surface area contributed by atoms with Crippen molar-refractivity contribution >= 4 is 45.3 Å². The molecular weight excluding hydrogens is 460 g/mol. The van der Waals surface area contributed by atoms with Crippen LogP contribution in [0.2, 0.25) is 0 Å². The number of aliphatic imine (C=N–C) groups is 1. The number of nitrogens with two attached hydrogens (primary N) is 1. The van der Waals surface area contributed by atoms with Crippen LogP contribution in [0.25, 0.3) is 5.70 Å². The molecule has 2 aliphatic heterocycles. The van der Waals surface area contributed by atoms with Gasteiger partial charge in [0.15, 0.2) is 0 Å². The molecule has 0 amide bonds. The summed E-state index contributed by atoms with van der Waals surface area (Å²) in [5.74, 6) is 0. The summed E-state index contributed by atoms with van der Waals surface area (Å²) in [6.07, 6.45) is 10.4. The van der Waals surface area contributed by atoms with Gasteiger partial charge in [-0.05, 0) is 53.7 Å². The van der Waals surface area contributed by atoms with E-state index in [0.29, 0.717) is 5.13 Å². The van der Waals surface area contributed by atoms with Gasteiger partial charge in [-0.15, -0.1) is 22.0 Å². The number of hydrogen-bond acceptors (Lipinski definition) is 8. The minimum Gasteiger partial charge on any atom is -0.374 e. The molecule has 0 spiro atoms. The highest BCUT2D eigenvalue weighted by Crippen LogP contribution is 2.35. The molecule has 1 aromatic heterocycles. The second-order valence-corrected chi connectivity index (χ2v) is 9.92. The van der Waals surface area contributed by atoms with Gasteiger partial charge in [-0.2, -0.15) is 0 Å². The Morgan fingerprint density at radius 2 is 1.91 bits per heavy atom. The number of aromatic nitrogens is 2. The van der Waals surface area contributed by atoms with Gasteiger partial charge in [0, 0.05) is 31.4 Å². The van der Waals surface area contributed by atoms with Crippen molar-refractivity contribution < 1.29 is 0 Å². The molecule has 0 aliphatic carbocycles. The lowest BCUT2D eigenvalue weighted by Gasteiger charge is -2.30. The van der Waals surface area contributed by atoms with Gasteiger partial charge < -0.3 is 16.0 Å². The summed E-state index contributed by atoms with van der Waals surface area (Å²) < 4.78 is 0. The van der Waals surface area contributed by atoms with E-state index in [2.05, 4.69) is 93.6 Å². The molecule has 6 nitrogen and oxygen atoms in total. The van der Waals surface area contributed by atoms with E-state index in [1.54, 1.807) is 11.8 Å². The monoisotopic (exact) mass is 486 g/mol. The van der Waals surface area contributed by atoms with Crippen LogP contribution >= 0.6 is 23.1 Å². The highest BCUT2D eigenvalue weighted by molar-refractivity contribution is 8.02. The van der Waals surface area contributed by atoms with Crippen LogP contribution < -0.4 is 16.0 Å². The first-order valence-corrected chi connectivity index (χ1v) is 13.2. The molecule has 172 valence electrons. The van der Waals surface area contributed by atoms with Crippen LogP contribution in [0, 0.1) is 0 Å². The maximum absolute atomic E-state index is 5.65. The molecule has 2 aliphatic rings. The van der Waals surface area contributed by atoms with Gasteiger partial charge in [-0.1, -0.05) is 53.8 Å². The molecule has 3 heterocycles. The Balaban J connectivity index is 1.33. The summed E-state index contributed by atoms with van der Waals surface area (Å²) in [6.45, 7) is 1.64. The minimum absolute atomic E-state index is 0.522. The number of anilines is 2. The first-order valence-electron chi connectivity index (χ1n) is 11.2. The largest absolute Gasteiger partial charge is 0.374 e. The Morgan fingerprint density at radius 1 is 1.09 bits per heavy atom. The highest BCUT2D eigenvalue weighted by Gasteiger charge is 2.22. The normalized spacial score (nSPS) is 15.3. The maximum Gasteiger partial charge on any atom is 0.203 e. The second-order valence-electron chi connectivity index (χ2n) is 7.99. The van der Waals surface area contributed by atoms with Crippen molar-refractivity contribution in [3.8, 4) is 0 Å². The predicted octanol–water partition coefficient (Wildman–Crippen LogP) is 5.25. The third-order valence-corrected chi connectivity index (χ3v) is 7.18. The van der Waals surface area contributed by atoms with E-state index in [0.717, 1.165) is 58.6 Å². The zero-order valence-electron chi connectivity index (χ0n) is 18.9. The molecule has 0 fully saturated rings. The fraction of sp³-hybridized carbons (Fsp3) is 0.192. The summed E-state index contributed by atoms with van der Waals surface area (Å²) in [5.41, 5.74) is 12.6. The first kappa shape index (κ1) is 22.6. The molecule has 2 aromatic carbocycles. The number of thioether (sulfide) groups is 1. The molecule has 0 radical (unpaired) electrons. The SMILES string of the molecule is CSC1=CCC2=CN(c3ccccc3)C(c3ccc(CNCCc4nnc(N)s4)cc3)=CC2=N1. The lowest BCUT2D eigenvalue weighted by molar-refractivity contribution is 0.682. The van der Waals surface area contributed by atoms with E-state index in [1.165, 1.54) is 22.5 Å². The third kappa shape index (κ3) is 5.14. The van der Waals surface area contributed by atoms with Crippen molar-refractivity contribution in [2.24, 2.45) is 4.99 Å². The molecule has 0 saturated carbocycles. The molecular formula is C26H26N6S2. The molecule has 5 rings (SSSR count). The number of nitrogen functional groups attached to an aromatic ring is 1. The molecule has 0 unspecified atom stereocenters. The van der Waals surface area contributed by atoms with Gasteiger partial charge in [0.2, 0.25) is 5.13 Å². The number of hydrogen-bond donors (Lipinski definition) is 2. The highest BCUT2D eigenvalue weighted by atomic mass is 32.2. The van der Waals surface area contributed by atoms with Crippen molar-refractivity contribution in [2.45, 2.75) is 19.4 Å². The van der Waals surface area contributed by atoms with E-state index < -0.39 is 0 Å². The van der Waals surface area contributed by atoms with Gasteiger partial charge in [-0.3, -0.25) is 0 Å². The predicted molar refractivity (Wildman–Crippen MR) is 145 cm³/mol. The lowest BCUT2D eigenvalue weighted by atomic mass is 9.97. The average molecular weight is 487 g/mol. The molecule has 0 atom stereocenters. The maximum atomic E-state index is 5.65. The van der Waals surface area contributed by atoms with Crippen molar-refractivity contribution in [1.29, 1.82) is 0 Å². The van der Waals surface area contributed by atoms with Crippen molar-refractivity contribution in [3.05, 3.63) is 99.7 Å². The number of para-hydroxylation sites is 1. The van der Waals surface area contributed by atoms with Gasteiger partial charge in [0.25, 0.3) is 0 Å². The zero-order chi connectivity index (χ0) is 23.3. The standard InChI is InChI=1S/C26H26N6S2/c1-33-24-12-11-20-17-32(21-5-3-2-4-6-21)23(15-22(20)29-24)19-9-7-18(8-10-19)16-28-14-13-25-30-31-26(27)34-25/h2-10,12,15,17,28H,11,13-14,16H2,1H3,(H2,27,31). The second kappa shape index (κ2) is 10.4. The van der Waals surface area contributed by atoms with Crippen LogP contribution in [0.4, 0.5) is 10.8 Å². The van der Waals surface area contributed by atoms with Gasteiger partial charge in [0.1, 0.15) is 5.01 Å². The summed E-state index contributed by atoms with van der Waals surface area (Å²) >= 11 is 3.14. The number of rotatable bonds is 8. The zero-order valence-corrected chi connectivity index (χ0v) is 20.6. The van der Waals surface area contributed by atoms with E-state index in [4.69, 9.17) is 10.7 Å². The van der Waals surface area contributed by atoms with Crippen molar-refractivity contribution in [2.75, 3.05) is 23.4 Å². The number of nitrogens with one attached hydrogen (secondary N) is 1. The Hall–Kier alpha value is -3.20. The Bertz CT molecular complexity index is 1270. The molecule has 34 heavy (non-hydrogen) atoms. The van der Waals surface area contributed by atoms with Crippen LogP contribution in [-0.2, 0) is 13.0 Å². The van der Waals surface area contributed by atoms with Crippen LogP contribution in [0.1, 0.15) is 22.6 Å². The van der Waals surface area contributed by atoms with E-state index >= 15 is 0 Å². The molecule has 3 N–H and O–H groups in total. The summed E-state index contributed by atoms with van der Waals surface area (Å²) in [5, 5.41) is 14.0. The van der Waals surface area contributed by atoms with Crippen molar-refractivity contribution in [1.82, 2.24) is 15.5 Å². The van der Waals surface area contributed by atoms with Gasteiger partial charge >= 0.3 is 0 Å². The first-order chi connectivity index (χ1) is 16.7. The minimum atomic E-state index is 0.522. The number of fused-ring (bicyclic) bond motifs is 1. The Morgan fingerprint density at radius 3 is 2.65 bits per heavy atom. The van der Waals surface area contributed by atoms with Crippen molar-refractivity contribution in [3.63, 3.8) is 0 Å². The lowest BCUT2D eigenvalue weighted by Crippen LogP contribution is -2.23. The third-order valence-electron chi connectivity index (χ3n) is 5.69. The fourth-order valence-corrected chi connectivity index (χ4v) is 5.00. The van der Waals surface area contributed by atoms with Crippen LogP contribution in [0.3, 0.4) is 0 Å². The summed E-state index contributed by atoms with van der Waals surface area (Å²) in [4.78, 5) is 7.13. The number of benzene rings is 2.